The Labute approximate surface area is 80.9 Å². The topological polar surface area (TPSA) is 75.4 Å². The number of nitrogens with zero attached hydrogens (tertiary/aromatic N) is 3. The Balaban J connectivity index is 2.78. The molecule has 0 spiro atoms. The van der Waals surface area contributed by atoms with Crippen molar-refractivity contribution in [1.29, 1.82) is 0 Å². The molecule has 0 aliphatic rings. The Morgan fingerprint density at radius 1 is 1.50 bits per heavy atom. The summed E-state index contributed by atoms with van der Waals surface area (Å²) in [5.41, 5.74) is 0.655. The Morgan fingerprint density at radius 3 is 2.64 bits per heavy atom. The molecule has 1 aromatic heterocycles. The number of aliphatic hydroxyl groups is 1. The first-order valence-electron chi connectivity index (χ1n) is 3.88. The SMILES string of the molecule is CC(=O)/C(=C/O)N=Cc1cncnc1. The molecule has 0 atom stereocenters. The van der Waals surface area contributed by atoms with Gasteiger partial charge in [0.1, 0.15) is 18.3 Å². The van der Waals surface area contributed by atoms with Crippen molar-refractivity contribution in [3.63, 3.8) is 0 Å². The summed E-state index contributed by atoms with van der Waals surface area (Å²) in [5, 5.41) is 8.65. The molecule has 0 bridgehead atoms. The van der Waals surface area contributed by atoms with Crippen LogP contribution in [-0.2, 0) is 4.79 Å². The lowest BCUT2D eigenvalue weighted by atomic mass is 10.3. The minimum Gasteiger partial charge on any atom is -0.513 e. The van der Waals surface area contributed by atoms with Gasteiger partial charge in [0.05, 0.1) is 0 Å². The number of allylic oxidation sites excluding steroid dienone is 1. The molecule has 0 fully saturated rings. The second-order valence-electron chi connectivity index (χ2n) is 2.50. The maximum atomic E-state index is 10.8. The largest absolute Gasteiger partial charge is 0.513 e. The zero-order chi connectivity index (χ0) is 10.4. The smallest absolute Gasteiger partial charge is 0.181 e. The summed E-state index contributed by atoms with van der Waals surface area (Å²) in [6.45, 7) is 1.32. The standard InChI is InChI=1S/C9H9N3O2/c1-7(14)9(5-13)12-4-8-2-10-6-11-3-8/h2-6,13H,1H3/b9-5-,12-4?. The number of hydrogen-bond donors (Lipinski definition) is 1. The van der Waals surface area contributed by atoms with Crippen LogP contribution in [0.2, 0.25) is 0 Å². The van der Waals surface area contributed by atoms with E-state index in [1.807, 2.05) is 0 Å². The summed E-state index contributed by atoms with van der Waals surface area (Å²) >= 11 is 0. The zero-order valence-electron chi connectivity index (χ0n) is 7.58. The second kappa shape index (κ2) is 4.86. The third-order valence-corrected chi connectivity index (χ3v) is 1.42. The van der Waals surface area contributed by atoms with E-state index in [0.717, 1.165) is 0 Å². The minimum absolute atomic E-state index is 0.00569. The van der Waals surface area contributed by atoms with Gasteiger partial charge in [-0.2, -0.15) is 0 Å². The van der Waals surface area contributed by atoms with Crippen LogP contribution in [0.5, 0.6) is 0 Å². The number of aliphatic imine (C=N–C) groups is 1. The predicted octanol–water partition coefficient (Wildman–Crippen LogP) is 0.884. The zero-order valence-corrected chi connectivity index (χ0v) is 7.58. The number of carbonyl (C=O) groups excluding carboxylic acids is 1. The number of hydrogen-bond acceptors (Lipinski definition) is 5. The highest BCUT2D eigenvalue weighted by Crippen LogP contribution is 1.97. The highest BCUT2D eigenvalue weighted by atomic mass is 16.2. The predicted molar refractivity (Wildman–Crippen MR) is 51.0 cm³/mol. The van der Waals surface area contributed by atoms with Crippen LogP contribution in [-0.4, -0.2) is 27.1 Å². The van der Waals surface area contributed by atoms with Crippen LogP contribution in [0.3, 0.4) is 0 Å². The van der Waals surface area contributed by atoms with Gasteiger partial charge in [0.15, 0.2) is 5.78 Å². The van der Waals surface area contributed by atoms with Crippen molar-refractivity contribution in [2.75, 3.05) is 0 Å². The lowest BCUT2D eigenvalue weighted by molar-refractivity contribution is -0.113. The molecule has 1 rings (SSSR count). The summed E-state index contributed by atoms with van der Waals surface area (Å²) in [4.78, 5) is 22.1. The number of aliphatic hydroxyl groups excluding tert-OH is 1. The van der Waals surface area contributed by atoms with Gasteiger partial charge in [0.25, 0.3) is 0 Å². The van der Waals surface area contributed by atoms with E-state index in [9.17, 15) is 4.79 Å². The minimum atomic E-state index is -0.305. The summed E-state index contributed by atoms with van der Waals surface area (Å²) in [6.07, 6.45) is 6.56. The molecule has 0 saturated heterocycles. The molecule has 0 aliphatic heterocycles. The number of Topliss-reactive ketones (excluding diaryl/α,β-unsaturated/α-hetero) is 1. The highest BCUT2D eigenvalue weighted by molar-refractivity contribution is 5.95. The van der Waals surface area contributed by atoms with Gasteiger partial charge in [0.2, 0.25) is 0 Å². The van der Waals surface area contributed by atoms with Crippen molar-refractivity contribution >= 4 is 12.0 Å². The average molecular weight is 191 g/mol. The van der Waals surface area contributed by atoms with E-state index in [2.05, 4.69) is 15.0 Å². The molecule has 0 aromatic carbocycles. The van der Waals surface area contributed by atoms with Crippen molar-refractivity contribution in [3.8, 4) is 0 Å². The average Bonchev–Trinajstić information content (AvgIpc) is 2.20. The number of aromatic nitrogens is 2. The molecule has 0 amide bonds. The van der Waals surface area contributed by atoms with Gasteiger partial charge >= 0.3 is 0 Å². The third kappa shape index (κ3) is 2.78. The molecule has 5 nitrogen and oxygen atoms in total. The Kier molecular flexibility index (Phi) is 3.49. The lowest BCUT2D eigenvalue weighted by Crippen LogP contribution is -1.94. The van der Waals surface area contributed by atoms with Crippen LogP contribution in [0.25, 0.3) is 0 Å². The molecule has 1 aromatic rings. The van der Waals surface area contributed by atoms with E-state index in [4.69, 9.17) is 5.11 Å². The molecule has 1 N–H and O–H groups in total. The molecular weight excluding hydrogens is 182 g/mol. The maximum Gasteiger partial charge on any atom is 0.181 e. The lowest BCUT2D eigenvalue weighted by Gasteiger charge is -1.92. The highest BCUT2D eigenvalue weighted by Gasteiger charge is 1.99. The summed E-state index contributed by atoms with van der Waals surface area (Å²) in [6, 6.07) is 0. The fourth-order valence-electron chi connectivity index (χ4n) is 0.737. The van der Waals surface area contributed by atoms with E-state index in [-0.39, 0.29) is 11.5 Å². The molecule has 5 heteroatoms. The molecule has 0 aliphatic carbocycles. The monoisotopic (exact) mass is 191 g/mol. The Bertz CT molecular complexity index is 371. The van der Waals surface area contributed by atoms with E-state index in [1.54, 1.807) is 12.4 Å². The van der Waals surface area contributed by atoms with Crippen LogP contribution in [0.15, 0.2) is 35.7 Å². The van der Waals surface area contributed by atoms with E-state index in [0.29, 0.717) is 11.8 Å². The van der Waals surface area contributed by atoms with Gasteiger partial charge in [-0.25, -0.2) is 15.0 Å². The fraction of sp³-hybridized carbons (Fsp3) is 0.111. The Morgan fingerprint density at radius 2 is 2.14 bits per heavy atom. The number of carbonyl (C=O) groups is 1. The van der Waals surface area contributed by atoms with E-state index in [1.165, 1.54) is 19.5 Å². The molecule has 1 heterocycles. The van der Waals surface area contributed by atoms with Crippen molar-refractivity contribution in [3.05, 3.63) is 36.2 Å². The van der Waals surface area contributed by atoms with Crippen LogP contribution in [0, 0.1) is 0 Å². The van der Waals surface area contributed by atoms with E-state index < -0.39 is 0 Å². The van der Waals surface area contributed by atoms with Crippen molar-refractivity contribution in [2.24, 2.45) is 4.99 Å². The first-order valence-corrected chi connectivity index (χ1v) is 3.88. The Hall–Kier alpha value is -2.04. The molecule has 0 unspecified atom stereocenters. The third-order valence-electron chi connectivity index (χ3n) is 1.42. The van der Waals surface area contributed by atoms with Gasteiger partial charge in [-0.05, 0) is 0 Å². The molecule has 72 valence electrons. The van der Waals surface area contributed by atoms with Gasteiger partial charge in [-0.15, -0.1) is 0 Å². The van der Waals surface area contributed by atoms with Gasteiger partial charge in [0, 0.05) is 31.1 Å². The summed E-state index contributed by atoms with van der Waals surface area (Å²) in [7, 11) is 0. The summed E-state index contributed by atoms with van der Waals surface area (Å²) < 4.78 is 0. The van der Waals surface area contributed by atoms with Crippen molar-refractivity contribution in [1.82, 2.24) is 9.97 Å². The normalized spacial score (nSPS) is 11.9. The molecule has 14 heavy (non-hydrogen) atoms. The summed E-state index contributed by atoms with van der Waals surface area (Å²) in [5.74, 6) is -0.305. The number of rotatable bonds is 3. The first-order chi connectivity index (χ1) is 6.74. The number of ketones is 1. The van der Waals surface area contributed by atoms with E-state index >= 15 is 0 Å². The first kappa shape index (κ1) is 10.0. The molecular formula is C9H9N3O2. The second-order valence-corrected chi connectivity index (χ2v) is 2.50. The van der Waals surface area contributed by atoms with Gasteiger partial charge < -0.3 is 5.11 Å². The van der Waals surface area contributed by atoms with Crippen LogP contribution in [0.1, 0.15) is 12.5 Å². The van der Waals surface area contributed by atoms with Crippen molar-refractivity contribution < 1.29 is 9.90 Å². The fourth-order valence-corrected chi connectivity index (χ4v) is 0.737. The van der Waals surface area contributed by atoms with Gasteiger partial charge in [-0.3, -0.25) is 4.79 Å². The van der Waals surface area contributed by atoms with Crippen LogP contribution >= 0.6 is 0 Å². The molecule has 0 radical (unpaired) electrons. The quantitative estimate of drug-likeness (QED) is 0.437. The van der Waals surface area contributed by atoms with Gasteiger partial charge in [-0.1, -0.05) is 0 Å². The van der Waals surface area contributed by atoms with Crippen molar-refractivity contribution in [2.45, 2.75) is 6.92 Å². The van der Waals surface area contributed by atoms with Crippen LogP contribution in [0.4, 0.5) is 0 Å². The van der Waals surface area contributed by atoms with Crippen LogP contribution < -0.4 is 0 Å². The maximum absolute atomic E-state index is 10.8. The molecule has 0 saturated carbocycles.